The van der Waals surface area contributed by atoms with Gasteiger partial charge in [-0.05, 0) is 32.0 Å². The van der Waals surface area contributed by atoms with Crippen LogP contribution in [0.2, 0.25) is 5.02 Å². The molecule has 0 aliphatic heterocycles. The molecule has 1 amide bonds. The molecule has 1 aromatic carbocycles. The lowest BCUT2D eigenvalue weighted by Gasteiger charge is -2.09. The molecule has 0 aliphatic carbocycles. The third kappa shape index (κ3) is 3.35. The van der Waals surface area contributed by atoms with Gasteiger partial charge in [-0.25, -0.2) is 4.98 Å². The minimum Gasteiger partial charge on any atom is -0.360 e. The maximum atomic E-state index is 12.2. The van der Waals surface area contributed by atoms with Crippen LogP contribution in [0.1, 0.15) is 12.7 Å². The molecular formula is C15H15ClN4O2S. The van der Waals surface area contributed by atoms with Gasteiger partial charge in [0.05, 0.1) is 16.3 Å². The minimum absolute atomic E-state index is 0.159. The molecule has 0 unspecified atom stereocenters. The van der Waals surface area contributed by atoms with E-state index in [-0.39, 0.29) is 11.2 Å². The Hall–Kier alpha value is -1.99. The summed E-state index contributed by atoms with van der Waals surface area (Å²) in [6.45, 7) is 3.59. The Morgan fingerprint density at radius 2 is 2.22 bits per heavy atom. The van der Waals surface area contributed by atoms with Gasteiger partial charge in [0.15, 0.2) is 11.0 Å². The van der Waals surface area contributed by atoms with Crippen LogP contribution in [-0.4, -0.2) is 25.9 Å². The molecule has 23 heavy (non-hydrogen) atoms. The van der Waals surface area contributed by atoms with Gasteiger partial charge in [-0.15, -0.1) is 0 Å². The number of fused-ring (bicyclic) bond motifs is 1. The minimum atomic E-state index is -0.335. The standard InChI is InChI=1S/C15H15ClN4O2S/c1-8-6-13(19-22-8)18-14(21)9(2)23-15-17-11-7-10(16)4-5-12(11)20(15)3/h4-7,9H,1-3H3,(H,18,19,21)/t9-/m1/s1. The topological polar surface area (TPSA) is 73.0 Å². The van der Waals surface area contributed by atoms with Gasteiger partial charge in [0.1, 0.15) is 5.76 Å². The zero-order valence-electron chi connectivity index (χ0n) is 12.8. The molecule has 0 bridgehead atoms. The molecule has 3 rings (SSSR count). The quantitative estimate of drug-likeness (QED) is 0.727. The summed E-state index contributed by atoms with van der Waals surface area (Å²) in [6, 6.07) is 7.22. The first-order valence-electron chi connectivity index (χ1n) is 6.97. The molecule has 8 heteroatoms. The van der Waals surface area contributed by atoms with Crippen molar-refractivity contribution in [3.05, 3.63) is 35.0 Å². The highest BCUT2D eigenvalue weighted by atomic mass is 35.5. The summed E-state index contributed by atoms with van der Waals surface area (Å²) >= 11 is 7.37. The van der Waals surface area contributed by atoms with Gasteiger partial charge in [0.25, 0.3) is 0 Å². The van der Waals surface area contributed by atoms with E-state index in [1.807, 2.05) is 36.7 Å². The Bertz CT molecular complexity index is 874. The Labute approximate surface area is 142 Å². The van der Waals surface area contributed by atoms with Crippen LogP contribution < -0.4 is 5.32 Å². The number of carbonyl (C=O) groups excluding carboxylic acids is 1. The van der Waals surface area contributed by atoms with Crippen LogP contribution in [0.25, 0.3) is 11.0 Å². The number of halogens is 1. The van der Waals surface area contributed by atoms with Gasteiger partial charge in [0.2, 0.25) is 5.91 Å². The lowest BCUT2D eigenvalue weighted by molar-refractivity contribution is -0.115. The zero-order valence-corrected chi connectivity index (χ0v) is 14.4. The number of thioether (sulfide) groups is 1. The number of carbonyl (C=O) groups is 1. The van der Waals surface area contributed by atoms with Gasteiger partial charge in [0, 0.05) is 18.1 Å². The van der Waals surface area contributed by atoms with Crippen LogP contribution in [0.15, 0.2) is 33.9 Å². The van der Waals surface area contributed by atoms with Crippen molar-refractivity contribution in [3.63, 3.8) is 0 Å². The summed E-state index contributed by atoms with van der Waals surface area (Å²) in [6.07, 6.45) is 0. The van der Waals surface area contributed by atoms with Crippen LogP contribution in [0, 0.1) is 6.92 Å². The predicted octanol–water partition coefficient (Wildman–Crippen LogP) is 3.64. The first kappa shape index (κ1) is 15.9. The van der Waals surface area contributed by atoms with E-state index in [4.69, 9.17) is 16.1 Å². The van der Waals surface area contributed by atoms with E-state index in [0.717, 1.165) is 16.2 Å². The van der Waals surface area contributed by atoms with Crippen molar-refractivity contribution < 1.29 is 9.32 Å². The lowest BCUT2D eigenvalue weighted by Crippen LogP contribution is -2.22. The molecule has 0 fully saturated rings. The van der Waals surface area contributed by atoms with E-state index in [0.29, 0.717) is 16.6 Å². The average molecular weight is 351 g/mol. The van der Waals surface area contributed by atoms with Gasteiger partial charge < -0.3 is 14.4 Å². The third-order valence-electron chi connectivity index (χ3n) is 3.33. The molecular weight excluding hydrogens is 336 g/mol. The highest BCUT2D eigenvalue weighted by Gasteiger charge is 2.19. The van der Waals surface area contributed by atoms with Crippen molar-refractivity contribution >= 4 is 46.1 Å². The second-order valence-corrected chi connectivity index (χ2v) is 6.90. The first-order chi connectivity index (χ1) is 10.9. The number of anilines is 1. The molecule has 2 aromatic heterocycles. The van der Waals surface area contributed by atoms with E-state index in [1.54, 1.807) is 13.0 Å². The van der Waals surface area contributed by atoms with Crippen LogP contribution in [-0.2, 0) is 11.8 Å². The number of hydrogen-bond donors (Lipinski definition) is 1. The molecule has 0 spiro atoms. The van der Waals surface area contributed by atoms with Crippen molar-refractivity contribution in [3.8, 4) is 0 Å². The fourth-order valence-corrected chi connectivity index (χ4v) is 3.18. The summed E-state index contributed by atoms with van der Waals surface area (Å²) in [7, 11) is 1.91. The number of nitrogens with zero attached hydrogens (tertiary/aromatic N) is 3. The molecule has 120 valence electrons. The number of imidazole rings is 1. The second-order valence-electron chi connectivity index (χ2n) is 5.16. The summed E-state index contributed by atoms with van der Waals surface area (Å²) in [5.74, 6) is 0.901. The van der Waals surface area contributed by atoms with Gasteiger partial charge in [-0.3, -0.25) is 4.79 Å². The van der Waals surface area contributed by atoms with E-state index in [2.05, 4.69) is 15.5 Å². The van der Waals surface area contributed by atoms with Gasteiger partial charge in [-0.2, -0.15) is 0 Å². The van der Waals surface area contributed by atoms with Crippen molar-refractivity contribution in [2.45, 2.75) is 24.3 Å². The van der Waals surface area contributed by atoms with Crippen molar-refractivity contribution in [1.82, 2.24) is 14.7 Å². The Morgan fingerprint density at radius 1 is 1.43 bits per heavy atom. The highest BCUT2D eigenvalue weighted by Crippen LogP contribution is 2.28. The largest absolute Gasteiger partial charge is 0.360 e. The number of nitrogens with one attached hydrogen (secondary N) is 1. The van der Waals surface area contributed by atoms with Gasteiger partial charge >= 0.3 is 0 Å². The van der Waals surface area contributed by atoms with Crippen molar-refractivity contribution in [2.24, 2.45) is 7.05 Å². The van der Waals surface area contributed by atoms with Gasteiger partial charge in [-0.1, -0.05) is 28.5 Å². The van der Waals surface area contributed by atoms with Crippen LogP contribution >= 0.6 is 23.4 Å². The number of hydrogen-bond acceptors (Lipinski definition) is 5. The van der Waals surface area contributed by atoms with Crippen LogP contribution in [0.4, 0.5) is 5.82 Å². The zero-order chi connectivity index (χ0) is 16.6. The van der Waals surface area contributed by atoms with E-state index < -0.39 is 0 Å². The number of rotatable bonds is 4. The SMILES string of the molecule is Cc1cc(NC(=O)[C@@H](C)Sc2nc3cc(Cl)ccc3n2C)no1. The monoisotopic (exact) mass is 350 g/mol. The van der Waals surface area contributed by atoms with E-state index >= 15 is 0 Å². The summed E-state index contributed by atoms with van der Waals surface area (Å²) in [4.78, 5) is 16.8. The maximum absolute atomic E-state index is 12.2. The summed E-state index contributed by atoms with van der Waals surface area (Å²) in [5, 5.41) is 7.53. The molecule has 6 nitrogen and oxygen atoms in total. The summed E-state index contributed by atoms with van der Waals surface area (Å²) < 4.78 is 6.88. The molecule has 1 atom stereocenters. The number of benzene rings is 1. The van der Waals surface area contributed by atoms with Crippen molar-refractivity contribution in [1.29, 1.82) is 0 Å². The van der Waals surface area contributed by atoms with E-state index in [1.165, 1.54) is 11.8 Å². The Balaban J connectivity index is 1.75. The predicted molar refractivity (Wildman–Crippen MR) is 90.9 cm³/mol. The second kappa shape index (κ2) is 6.25. The first-order valence-corrected chi connectivity index (χ1v) is 8.22. The van der Waals surface area contributed by atoms with Crippen LogP contribution in [0.3, 0.4) is 0 Å². The molecule has 0 radical (unpaired) electrons. The molecule has 2 heterocycles. The lowest BCUT2D eigenvalue weighted by atomic mass is 10.3. The van der Waals surface area contributed by atoms with E-state index in [9.17, 15) is 4.79 Å². The number of aromatic nitrogens is 3. The molecule has 3 aromatic rings. The highest BCUT2D eigenvalue weighted by molar-refractivity contribution is 8.00. The average Bonchev–Trinajstić information content (AvgIpc) is 3.03. The molecule has 0 saturated carbocycles. The van der Waals surface area contributed by atoms with Crippen molar-refractivity contribution in [2.75, 3.05) is 5.32 Å². The number of amides is 1. The molecule has 1 N–H and O–H groups in total. The Morgan fingerprint density at radius 3 is 2.91 bits per heavy atom. The molecule has 0 aliphatic rings. The fraction of sp³-hybridized carbons (Fsp3) is 0.267. The maximum Gasteiger partial charge on any atom is 0.238 e. The normalized spacial score (nSPS) is 12.5. The number of aryl methyl sites for hydroxylation is 2. The Kier molecular flexibility index (Phi) is 4.32. The summed E-state index contributed by atoms with van der Waals surface area (Å²) in [5.41, 5.74) is 1.78. The van der Waals surface area contributed by atoms with Crippen LogP contribution in [0.5, 0.6) is 0 Å². The smallest absolute Gasteiger partial charge is 0.238 e. The third-order valence-corrected chi connectivity index (χ3v) is 4.71. The molecule has 0 saturated heterocycles. The fourth-order valence-electron chi connectivity index (χ4n) is 2.12.